The average molecular weight is 293 g/mol. The lowest BCUT2D eigenvalue weighted by molar-refractivity contribution is -0.181. The summed E-state index contributed by atoms with van der Waals surface area (Å²) in [4.78, 5) is 12.1. The second-order valence-corrected chi connectivity index (χ2v) is 6.23. The number of nitrogens with zero attached hydrogens (tertiary/aromatic N) is 2. The summed E-state index contributed by atoms with van der Waals surface area (Å²) in [6, 6.07) is 0. The fraction of sp³-hybridized carbons (Fsp3) is 0.733. The molecular weight excluding hydrogens is 270 g/mol. The number of aryl methyl sites for hydroxylation is 1. The second kappa shape index (κ2) is 5.33. The molecule has 0 bridgehead atoms. The Labute approximate surface area is 124 Å². The smallest absolute Gasteiger partial charge is 0.328 e. The molecule has 3 rings (SSSR count). The highest BCUT2D eigenvalue weighted by atomic mass is 16.6. The van der Waals surface area contributed by atoms with Gasteiger partial charge in [0.15, 0.2) is 0 Å². The minimum Gasteiger partial charge on any atom is -0.461 e. The highest BCUT2D eigenvalue weighted by Gasteiger charge is 2.43. The fourth-order valence-electron chi connectivity index (χ4n) is 3.21. The molecule has 2 fully saturated rings. The van der Waals surface area contributed by atoms with Crippen LogP contribution in [0.2, 0.25) is 0 Å². The number of rotatable bonds is 3. The first kappa shape index (κ1) is 14.4. The number of esters is 1. The highest BCUT2D eigenvalue weighted by molar-refractivity contribution is 5.69. The van der Waals surface area contributed by atoms with Gasteiger partial charge < -0.3 is 15.2 Å². The quantitative estimate of drug-likeness (QED) is 0.858. The van der Waals surface area contributed by atoms with Gasteiger partial charge in [0.05, 0.1) is 29.3 Å². The molecule has 1 saturated heterocycles. The van der Waals surface area contributed by atoms with Crippen LogP contribution in [0.5, 0.6) is 0 Å². The predicted octanol–water partition coefficient (Wildman–Crippen LogP) is 1.73. The average Bonchev–Trinajstić information content (AvgIpc) is 2.65. The molecule has 21 heavy (non-hydrogen) atoms. The molecule has 1 aromatic rings. The Morgan fingerprint density at radius 1 is 1.52 bits per heavy atom. The molecule has 1 spiro atoms. The van der Waals surface area contributed by atoms with Crippen LogP contribution >= 0.6 is 0 Å². The SMILES string of the molecule is Cc1nn(CC(=O)OC2CCOC3(CCC3)C2)c(C)c1N. The lowest BCUT2D eigenvalue weighted by Gasteiger charge is -2.46. The summed E-state index contributed by atoms with van der Waals surface area (Å²) in [5, 5.41) is 4.26. The van der Waals surface area contributed by atoms with Crippen molar-refractivity contribution in [3.05, 3.63) is 11.4 Å². The van der Waals surface area contributed by atoms with Gasteiger partial charge in [-0.15, -0.1) is 0 Å². The van der Waals surface area contributed by atoms with Crippen molar-refractivity contribution in [2.75, 3.05) is 12.3 Å². The molecule has 2 heterocycles. The van der Waals surface area contributed by atoms with E-state index >= 15 is 0 Å². The third kappa shape index (κ3) is 2.77. The third-order valence-corrected chi connectivity index (χ3v) is 4.73. The minimum absolute atomic E-state index is 0.00811. The van der Waals surface area contributed by atoms with E-state index in [1.54, 1.807) is 4.68 Å². The zero-order valence-electron chi connectivity index (χ0n) is 12.7. The van der Waals surface area contributed by atoms with Crippen LogP contribution in [0, 0.1) is 13.8 Å². The van der Waals surface area contributed by atoms with E-state index in [4.69, 9.17) is 15.2 Å². The summed E-state index contributed by atoms with van der Waals surface area (Å²) in [6.07, 6.45) is 4.99. The molecule has 1 aliphatic carbocycles. The normalized spacial score (nSPS) is 23.8. The second-order valence-electron chi connectivity index (χ2n) is 6.23. The summed E-state index contributed by atoms with van der Waals surface area (Å²) < 4.78 is 13.1. The Kier molecular flexibility index (Phi) is 3.65. The van der Waals surface area contributed by atoms with E-state index in [1.165, 1.54) is 6.42 Å². The summed E-state index contributed by atoms with van der Waals surface area (Å²) in [6.45, 7) is 4.50. The van der Waals surface area contributed by atoms with E-state index in [2.05, 4.69) is 5.10 Å². The molecule has 2 N–H and O–H groups in total. The highest BCUT2D eigenvalue weighted by Crippen LogP contribution is 2.43. The van der Waals surface area contributed by atoms with Gasteiger partial charge in [-0.05, 0) is 33.1 Å². The van der Waals surface area contributed by atoms with E-state index in [9.17, 15) is 4.79 Å². The Morgan fingerprint density at radius 3 is 2.86 bits per heavy atom. The van der Waals surface area contributed by atoms with Gasteiger partial charge in [0.2, 0.25) is 0 Å². The number of ether oxygens (including phenoxy) is 2. The Morgan fingerprint density at radius 2 is 2.29 bits per heavy atom. The fourth-order valence-corrected chi connectivity index (χ4v) is 3.21. The molecular formula is C15H23N3O3. The molecule has 1 aliphatic heterocycles. The molecule has 1 atom stereocenters. The van der Waals surface area contributed by atoms with Crippen molar-refractivity contribution in [3.8, 4) is 0 Å². The lowest BCUT2D eigenvalue weighted by atomic mass is 9.74. The van der Waals surface area contributed by atoms with Crippen LogP contribution in [0.3, 0.4) is 0 Å². The summed E-state index contributed by atoms with van der Waals surface area (Å²) in [5.41, 5.74) is 8.07. The Balaban J connectivity index is 1.57. The maximum atomic E-state index is 12.1. The number of anilines is 1. The van der Waals surface area contributed by atoms with Gasteiger partial charge in [0.1, 0.15) is 12.6 Å². The molecule has 0 amide bonds. The van der Waals surface area contributed by atoms with Crippen LogP contribution < -0.4 is 5.73 Å². The van der Waals surface area contributed by atoms with E-state index in [0.29, 0.717) is 12.3 Å². The van der Waals surface area contributed by atoms with Crippen LogP contribution in [0.4, 0.5) is 5.69 Å². The van der Waals surface area contributed by atoms with Crippen molar-refractivity contribution in [3.63, 3.8) is 0 Å². The monoisotopic (exact) mass is 293 g/mol. The van der Waals surface area contributed by atoms with Gasteiger partial charge in [0, 0.05) is 12.8 Å². The summed E-state index contributed by atoms with van der Waals surface area (Å²) >= 11 is 0. The first-order valence-corrected chi connectivity index (χ1v) is 7.62. The molecule has 6 nitrogen and oxygen atoms in total. The van der Waals surface area contributed by atoms with Crippen LogP contribution in [0.15, 0.2) is 0 Å². The minimum atomic E-state index is -0.248. The van der Waals surface area contributed by atoms with Crippen molar-refractivity contribution < 1.29 is 14.3 Å². The van der Waals surface area contributed by atoms with Crippen LogP contribution in [-0.4, -0.2) is 34.1 Å². The molecule has 1 saturated carbocycles. The van der Waals surface area contributed by atoms with Gasteiger partial charge in [-0.3, -0.25) is 9.48 Å². The van der Waals surface area contributed by atoms with Gasteiger partial charge in [-0.2, -0.15) is 5.10 Å². The van der Waals surface area contributed by atoms with Gasteiger partial charge in [-0.25, -0.2) is 0 Å². The number of hydrogen-bond acceptors (Lipinski definition) is 5. The van der Waals surface area contributed by atoms with Crippen molar-refractivity contribution in [1.29, 1.82) is 0 Å². The molecule has 2 aliphatic rings. The molecule has 0 radical (unpaired) electrons. The standard InChI is InChI=1S/C15H23N3O3/c1-10-14(16)11(2)18(17-10)9-13(19)21-12-4-7-20-15(8-12)5-3-6-15/h12H,3-9,16H2,1-2H3. The van der Waals surface area contributed by atoms with Crippen LogP contribution in [0.1, 0.15) is 43.5 Å². The van der Waals surface area contributed by atoms with Crippen LogP contribution in [-0.2, 0) is 20.8 Å². The molecule has 0 aromatic carbocycles. The number of aromatic nitrogens is 2. The Bertz CT molecular complexity index is 549. The van der Waals surface area contributed by atoms with Crippen molar-refractivity contribution >= 4 is 11.7 Å². The first-order valence-electron chi connectivity index (χ1n) is 7.62. The molecule has 1 aromatic heterocycles. The number of nitrogen functional groups attached to an aromatic ring is 1. The first-order chi connectivity index (χ1) is 9.99. The number of hydrogen-bond donors (Lipinski definition) is 1. The number of nitrogens with two attached hydrogens (primary N) is 1. The van der Waals surface area contributed by atoms with E-state index in [0.717, 1.165) is 37.1 Å². The molecule has 1 unspecified atom stereocenters. The summed E-state index contributed by atoms with van der Waals surface area (Å²) in [7, 11) is 0. The van der Waals surface area contributed by atoms with Crippen molar-refractivity contribution in [2.45, 2.75) is 64.2 Å². The topological polar surface area (TPSA) is 79.4 Å². The van der Waals surface area contributed by atoms with Gasteiger partial charge >= 0.3 is 5.97 Å². The zero-order chi connectivity index (χ0) is 15.0. The third-order valence-electron chi connectivity index (χ3n) is 4.73. The van der Waals surface area contributed by atoms with E-state index < -0.39 is 0 Å². The maximum Gasteiger partial charge on any atom is 0.328 e. The maximum absolute atomic E-state index is 12.1. The van der Waals surface area contributed by atoms with E-state index in [1.807, 2.05) is 13.8 Å². The number of carbonyl (C=O) groups excluding carboxylic acids is 1. The predicted molar refractivity (Wildman–Crippen MR) is 77.8 cm³/mol. The Hall–Kier alpha value is -1.56. The van der Waals surface area contributed by atoms with Crippen molar-refractivity contribution in [1.82, 2.24) is 9.78 Å². The largest absolute Gasteiger partial charge is 0.461 e. The van der Waals surface area contributed by atoms with Gasteiger partial charge in [-0.1, -0.05) is 0 Å². The lowest BCUT2D eigenvalue weighted by Crippen LogP contribution is -2.48. The molecule has 6 heteroatoms. The van der Waals surface area contributed by atoms with Gasteiger partial charge in [0.25, 0.3) is 0 Å². The number of carbonyl (C=O) groups is 1. The summed E-state index contributed by atoms with van der Waals surface area (Å²) in [5.74, 6) is -0.248. The van der Waals surface area contributed by atoms with Crippen molar-refractivity contribution in [2.24, 2.45) is 0 Å². The zero-order valence-corrected chi connectivity index (χ0v) is 12.7. The molecule has 116 valence electrons. The van der Waals surface area contributed by atoms with E-state index in [-0.39, 0.29) is 24.2 Å². The van der Waals surface area contributed by atoms with Crippen LogP contribution in [0.25, 0.3) is 0 Å².